The number of halogens is 3. The van der Waals surface area contributed by atoms with Gasteiger partial charge in [-0.2, -0.15) is 13.2 Å². The minimum absolute atomic E-state index is 0.00506. The van der Waals surface area contributed by atoms with Gasteiger partial charge in [0.2, 0.25) is 0 Å². The van der Waals surface area contributed by atoms with Crippen LogP contribution in [-0.2, 0) is 10.9 Å². The Morgan fingerprint density at radius 2 is 1.75 bits per heavy atom. The van der Waals surface area contributed by atoms with Crippen molar-refractivity contribution < 1.29 is 27.6 Å². The van der Waals surface area contributed by atoms with Crippen LogP contribution in [0, 0.1) is 0 Å². The second-order valence-electron chi connectivity index (χ2n) is 7.00. The van der Waals surface area contributed by atoms with E-state index in [0.29, 0.717) is 13.2 Å². The van der Waals surface area contributed by atoms with Gasteiger partial charge in [0.25, 0.3) is 5.91 Å². The number of hydrogen-bond donors (Lipinski definition) is 2. The summed E-state index contributed by atoms with van der Waals surface area (Å²) in [5.41, 5.74) is 0.257. The maximum absolute atomic E-state index is 12.9. The molecule has 0 radical (unpaired) electrons. The first-order chi connectivity index (χ1) is 13.4. The Balaban J connectivity index is 1.79. The van der Waals surface area contributed by atoms with Gasteiger partial charge in [0.15, 0.2) is 0 Å². The summed E-state index contributed by atoms with van der Waals surface area (Å²) in [5.74, 6) is -0.507. The number of carbonyl (C=O) groups excluding carboxylic acids is 1. The number of quaternary nitrogens is 1. The van der Waals surface area contributed by atoms with Gasteiger partial charge in [0.1, 0.15) is 19.1 Å². The van der Waals surface area contributed by atoms with E-state index in [1.54, 1.807) is 0 Å². The Kier molecular flexibility index (Phi) is 6.36. The summed E-state index contributed by atoms with van der Waals surface area (Å²) in [4.78, 5) is 13.9. The van der Waals surface area contributed by atoms with Crippen LogP contribution in [0.5, 0.6) is 0 Å². The molecule has 2 aromatic rings. The van der Waals surface area contributed by atoms with Crippen LogP contribution in [0.3, 0.4) is 0 Å². The fourth-order valence-electron chi connectivity index (χ4n) is 3.69. The normalized spacial score (nSPS) is 17.7. The van der Waals surface area contributed by atoms with Crippen molar-refractivity contribution in [3.05, 3.63) is 71.3 Å². The SMILES string of the molecule is C[C@H](NC(=O)c1cccc(C(F)(F)F)c1)[C@@H](c1ccccc1)[NH+]1CCOCC1. The zero-order valence-corrected chi connectivity index (χ0v) is 15.6. The van der Waals surface area contributed by atoms with Crippen molar-refractivity contribution in [3.8, 4) is 0 Å². The van der Waals surface area contributed by atoms with Gasteiger partial charge in [0, 0.05) is 11.1 Å². The van der Waals surface area contributed by atoms with Gasteiger partial charge in [0.05, 0.1) is 24.8 Å². The molecule has 0 saturated carbocycles. The minimum Gasteiger partial charge on any atom is -0.370 e. The number of amides is 1. The highest BCUT2D eigenvalue weighted by Crippen LogP contribution is 2.29. The number of nitrogens with one attached hydrogen (secondary N) is 2. The van der Waals surface area contributed by atoms with E-state index in [4.69, 9.17) is 4.74 Å². The van der Waals surface area contributed by atoms with Crippen molar-refractivity contribution in [3.63, 3.8) is 0 Å². The average molecular weight is 393 g/mol. The van der Waals surface area contributed by atoms with E-state index < -0.39 is 17.6 Å². The van der Waals surface area contributed by atoms with Crippen LogP contribution in [0.15, 0.2) is 54.6 Å². The van der Waals surface area contributed by atoms with E-state index in [0.717, 1.165) is 30.8 Å². The average Bonchev–Trinajstić information content (AvgIpc) is 2.69. The number of ether oxygens (including phenoxy) is 1. The first kappa shape index (κ1) is 20.4. The lowest BCUT2D eigenvalue weighted by molar-refractivity contribution is -0.940. The van der Waals surface area contributed by atoms with Gasteiger partial charge in [-0.15, -0.1) is 0 Å². The predicted octanol–water partition coefficient (Wildman–Crippen LogP) is 2.48. The third-order valence-electron chi connectivity index (χ3n) is 5.04. The van der Waals surface area contributed by atoms with Gasteiger partial charge >= 0.3 is 6.18 Å². The molecule has 7 heteroatoms. The molecule has 0 unspecified atom stereocenters. The topological polar surface area (TPSA) is 42.8 Å². The van der Waals surface area contributed by atoms with Gasteiger partial charge in [-0.05, 0) is 25.1 Å². The maximum Gasteiger partial charge on any atom is 0.416 e. The molecule has 2 N–H and O–H groups in total. The molecular weight excluding hydrogens is 369 g/mol. The fraction of sp³-hybridized carbons (Fsp3) is 0.381. The molecule has 1 amide bonds. The molecule has 1 fully saturated rings. The number of alkyl halides is 3. The van der Waals surface area contributed by atoms with Crippen LogP contribution in [0.1, 0.15) is 34.5 Å². The Morgan fingerprint density at radius 3 is 2.39 bits per heavy atom. The van der Waals surface area contributed by atoms with E-state index in [2.05, 4.69) is 5.32 Å². The van der Waals surface area contributed by atoms with Crippen LogP contribution >= 0.6 is 0 Å². The Bertz CT molecular complexity index is 790. The zero-order valence-electron chi connectivity index (χ0n) is 15.6. The molecule has 150 valence electrons. The number of benzene rings is 2. The second-order valence-corrected chi connectivity index (χ2v) is 7.00. The van der Waals surface area contributed by atoms with Crippen LogP contribution in [0.25, 0.3) is 0 Å². The lowest BCUT2D eigenvalue weighted by Crippen LogP contribution is -3.15. The summed E-state index contributed by atoms with van der Waals surface area (Å²) in [5, 5.41) is 2.90. The molecule has 28 heavy (non-hydrogen) atoms. The van der Waals surface area contributed by atoms with Crippen molar-refractivity contribution >= 4 is 5.91 Å². The van der Waals surface area contributed by atoms with Crippen molar-refractivity contribution in [2.24, 2.45) is 0 Å². The summed E-state index contributed by atoms with van der Waals surface area (Å²) in [6.07, 6.45) is -4.48. The fourth-order valence-corrected chi connectivity index (χ4v) is 3.69. The monoisotopic (exact) mass is 393 g/mol. The molecule has 1 aliphatic rings. The summed E-state index contributed by atoms with van der Waals surface area (Å²) in [6.45, 7) is 4.80. The Labute approximate surface area is 162 Å². The van der Waals surface area contributed by atoms with Gasteiger partial charge in [-0.1, -0.05) is 36.4 Å². The van der Waals surface area contributed by atoms with E-state index in [1.165, 1.54) is 17.0 Å². The number of morpholine rings is 1. The first-order valence-corrected chi connectivity index (χ1v) is 9.31. The summed E-state index contributed by atoms with van der Waals surface area (Å²) >= 11 is 0. The molecule has 0 aliphatic carbocycles. The molecular formula is C21H24F3N2O2+. The number of hydrogen-bond acceptors (Lipinski definition) is 2. The van der Waals surface area contributed by atoms with Crippen LogP contribution < -0.4 is 10.2 Å². The molecule has 3 rings (SSSR count). The molecule has 4 nitrogen and oxygen atoms in total. The molecule has 1 heterocycles. The highest BCUT2D eigenvalue weighted by atomic mass is 19.4. The Hall–Kier alpha value is -2.38. The summed E-state index contributed by atoms with van der Waals surface area (Å²) < 4.78 is 44.3. The standard InChI is InChI=1S/C21H23F3N2O2/c1-15(25-20(27)17-8-5-9-18(14-17)21(22,23)24)19(16-6-3-2-4-7-16)26-10-12-28-13-11-26/h2-9,14-15,19H,10-13H2,1H3,(H,25,27)/p+1/t15-,19-/m0/s1. The van der Waals surface area contributed by atoms with Crippen molar-refractivity contribution in [2.75, 3.05) is 26.3 Å². The van der Waals surface area contributed by atoms with Gasteiger partial charge < -0.3 is 15.0 Å². The molecule has 1 aliphatic heterocycles. The molecule has 0 aromatic heterocycles. The highest BCUT2D eigenvalue weighted by Gasteiger charge is 2.33. The predicted molar refractivity (Wildman–Crippen MR) is 99.1 cm³/mol. The van der Waals surface area contributed by atoms with Crippen molar-refractivity contribution in [2.45, 2.75) is 25.2 Å². The third kappa shape index (κ3) is 4.91. The minimum atomic E-state index is -4.48. The molecule has 2 atom stereocenters. The van der Waals surface area contributed by atoms with Crippen LogP contribution in [0.4, 0.5) is 13.2 Å². The quantitative estimate of drug-likeness (QED) is 0.820. The highest BCUT2D eigenvalue weighted by molar-refractivity contribution is 5.94. The molecule has 1 saturated heterocycles. The lowest BCUT2D eigenvalue weighted by atomic mass is 9.97. The molecule has 2 aromatic carbocycles. The van der Waals surface area contributed by atoms with E-state index in [1.807, 2.05) is 37.3 Å². The lowest BCUT2D eigenvalue weighted by Gasteiger charge is -2.35. The van der Waals surface area contributed by atoms with E-state index in [-0.39, 0.29) is 17.6 Å². The second kappa shape index (κ2) is 8.75. The van der Waals surface area contributed by atoms with Crippen molar-refractivity contribution in [1.82, 2.24) is 5.32 Å². The number of rotatable bonds is 5. The van der Waals surface area contributed by atoms with Crippen LogP contribution in [-0.4, -0.2) is 38.3 Å². The Morgan fingerprint density at radius 1 is 1.07 bits per heavy atom. The van der Waals surface area contributed by atoms with Crippen LogP contribution in [0.2, 0.25) is 0 Å². The number of carbonyl (C=O) groups is 1. The smallest absolute Gasteiger partial charge is 0.370 e. The third-order valence-corrected chi connectivity index (χ3v) is 5.04. The summed E-state index contributed by atoms with van der Waals surface area (Å²) in [6, 6.07) is 14.1. The summed E-state index contributed by atoms with van der Waals surface area (Å²) in [7, 11) is 0. The molecule has 0 spiro atoms. The van der Waals surface area contributed by atoms with Gasteiger partial charge in [-0.3, -0.25) is 4.79 Å². The maximum atomic E-state index is 12.9. The van der Waals surface area contributed by atoms with E-state index >= 15 is 0 Å². The van der Waals surface area contributed by atoms with Crippen molar-refractivity contribution in [1.29, 1.82) is 0 Å². The zero-order chi connectivity index (χ0) is 20.1. The largest absolute Gasteiger partial charge is 0.416 e. The first-order valence-electron chi connectivity index (χ1n) is 9.31. The van der Waals surface area contributed by atoms with Gasteiger partial charge in [-0.25, -0.2) is 0 Å². The molecule has 0 bridgehead atoms. The van der Waals surface area contributed by atoms with E-state index in [9.17, 15) is 18.0 Å².